The lowest BCUT2D eigenvalue weighted by atomic mass is 9.99. The van der Waals surface area contributed by atoms with Gasteiger partial charge in [-0.3, -0.25) is 0 Å². The summed E-state index contributed by atoms with van der Waals surface area (Å²) in [7, 11) is 0. The Morgan fingerprint density at radius 3 is 2.59 bits per heavy atom. The highest BCUT2D eigenvalue weighted by molar-refractivity contribution is 7.97. The zero-order chi connectivity index (χ0) is 26.2. The minimum absolute atomic E-state index is 0.304. The number of aromatic amines is 1. The SMILES string of the molecule is Cc1c(-c2ccc(SN3CCC(Nc4ccc(C(F)(F)F)cn4)C(O)C3)cc2)cnc2[nH]cc(C#N)c12. The minimum Gasteiger partial charge on any atom is -0.390 e. The number of nitrogens with one attached hydrogen (secondary N) is 2. The summed E-state index contributed by atoms with van der Waals surface area (Å²) in [6.07, 6.45) is -0.269. The maximum atomic E-state index is 12.7. The molecule has 0 saturated carbocycles. The van der Waals surface area contributed by atoms with Crippen molar-refractivity contribution in [2.45, 2.75) is 36.6 Å². The maximum Gasteiger partial charge on any atom is 0.417 e. The number of β-amino-alcohol motifs (C(OH)–C–C–N with tert-alkyl or cyclic N) is 1. The van der Waals surface area contributed by atoms with Crippen LogP contribution in [0.25, 0.3) is 22.2 Å². The Hall–Kier alpha value is -3.59. The van der Waals surface area contributed by atoms with Gasteiger partial charge in [0.1, 0.15) is 17.5 Å². The number of pyridine rings is 2. The van der Waals surface area contributed by atoms with Crippen molar-refractivity contribution in [1.82, 2.24) is 19.3 Å². The van der Waals surface area contributed by atoms with Crippen molar-refractivity contribution in [2.75, 3.05) is 18.4 Å². The van der Waals surface area contributed by atoms with E-state index in [0.29, 0.717) is 36.5 Å². The van der Waals surface area contributed by atoms with Crippen LogP contribution < -0.4 is 5.32 Å². The van der Waals surface area contributed by atoms with E-state index >= 15 is 0 Å². The van der Waals surface area contributed by atoms with E-state index in [-0.39, 0.29) is 6.04 Å². The van der Waals surface area contributed by atoms with Gasteiger partial charge in [-0.1, -0.05) is 12.1 Å². The summed E-state index contributed by atoms with van der Waals surface area (Å²) in [5.41, 5.74) is 3.39. The lowest BCUT2D eigenvalue weighted by molar-refractivity contribution is -0.137. The number of aryl methyl sites for hydroxylation is 1. The summed E-state index contributed by atoms with van der Waals surface area (Å²) in [6.45, 7) is 3.07. The van der Waals surface area contributed by atoms with Crippen molar-refractivity contribution in [1.29, 1.82) is 5.26 Å². The molecule has 7 nitrogen and oxygen atoms in total. The average Bonchev–Trinajstić information content (AvgIpc) is 3.31. The first-order valence-corrected chi connectivity index (χ1v) is 12.4. The molecule has 3 aromatic heterocycles. The molecule has 4 aromatic rings. The van der Waals surface area contributed by atoms with E-state index in [0.717, 1.165) is 39.2 Å². The molecule has 1 saturated heterocycles. The number of rotatable bonds is 5. The van der Waals surface area contributed by atoms with Crippen molar-refractivity contribution in [3.8, 4) is 17.2 Å². The highest BCUT2D eigenvalue weighted by Crippen LogP contribution is 2.33. The van der Waals surface area contributed by atoms with Crippen LogP contribution in [0, 0.1) is 18.3 Å². The van der Waals surface area contributed by atoms with Crippen LogP contribution in [0.4, 0.5) is 19.0 Å². The van der Waals surface area contributed by atoms with Crippen LogP contribution in [-0.4, -0.2) is 49.6 Å². The first-order chi connectivity index (χ1) is 17.7. The van der Waals surface area contributed by atoms with Crippen LogP contribution in [0.1, 0.15) is 23.1 Å². The summed E-state index contributed by atoms with van der Waals surface area (Å²) in [4.78, 5) is 12.3. The zero-order valence-corrected chi connectivity index (χ0v) is 20.6. The quantitative estimate of drug-likeness (QED) is 0.302. The number of piperidine rings is 1. The van der Waals surface area contributed by atoms with E-state index in [1.165, 1.54) is 6.07 Å². The van der Waals surface area contributed by atoms with E-state index in [4.69, 9.17) is 0 Å². The molecule has 3 N–H and O–H groups in total. The first-order valence-electron chi connectivity index (χ1n) is 11.6. The van der Waals surface area contributed by atoms with Gasteiger partial charge < -0.3 is 15.4 Å². The number of fused-ring (bicyclic) bond motifs is 1. The van der Waals surface area contributed by atoms with Crippen molar-refractivity contribution >= 4 is 28.8 Å². The fourth-order valence-corrected chi connectivity index (χ4v) is 5.45. The number of nitriles is 1. The normalized spacial score (nSPS) is 18.6. The number of hydrogen-bond acceptors (Lipinski definition) is 7. The molecule has 2 atom stereocenters. The van der Waals surface area contributed by atoms with Gasteiger partial charge in [-0.05, 0) is 60.7 Å². The van der Waals surface area contributed by atoms with E-state index in [1.54, 1.807) is 24.3 Å². The van der Waals surface area contributed by atoms with Crippen LogP contribution in [0.2, 0.25) is 0 Å². The third-order valence-corrected chi connectivity index (χ3v) is 7.52. The molecule has 0 spiro atoms. The van der Waals surface area contributed by atoms with Crippen molar-refractivity contribution in [3.05, 3.63) is 71.7 Å². The van der Waals surface area contributed by atoms with E-state index < -0.39 is 17.8 Å². The molecule has 0 amide bonds. The Bertz CT molecular complexity index is 1450. The molecule has 2 unspecified atom stereocenters. The molecule has 0 radical (unpaired) electrons. The number of nitrogens with zero attached hydrogens (tertiary/aromatic N) is 4. The van der Waals surface area contributed by atoms with Gasteiger partial charge in [0.2, 0.25) is 0 Å². The van der Waals surface area contributed by atoms with Gasteiger partial charge in [-0.15, -0.1) is 0 Å². The first kappa shape index (κ1) is 25.1. The van der Waals surface area contributed by atoms with Gasteiger partial charge in [-0.2, -0.15) is 18.4 Å². The number of hydrogen-bond donors (Lipinski definition) is 3. The van der Waals surface area contributed by atoms with Gasteiger partial charge in [0.05, 0.1) is 23.3 Å². The molecule has 0 bridgehead atoms. The molecule has 1 aromatic carbocycles. The predicted molar refractivity (Wildman–Crippen MR) is 136 cm³/mol. The molecular formula is C26H23F3N6OS. The van der Waals surface area contributed by atoms with E-state index in [1.807, 2.05) is 31.2 Å². The molecule has 190 valence electrons. The lowest BCUT2D eigenvalue weighted by Crippen LogP contribution is -2.47. The van der Waals surface area contributed by atoms with Gasteiger partial charge in [0.15, 0.2) is 0 Å². The summed E-state index contributed by atoms with van der Waals surface area (Å²) in [5, 5.41) is 23.9. The summed E-state index contributed by atoms with van der Waals surface area (Å²) < 4.78 is 40.3. The fourth-order valence-electron chi connectivity index (χ4n) is 4.47. The number of anilines is 1. The number of aliphatic hydroxyl groups is 1. The van der Waals surface area contributed by atoms with Crippen LogP contribution in [-0.2, 0) is 6.18 Å². The minimum atomic E-state index is -4.43. The van der Waals surface area contributed by atoms with Gasteiger partial charge in [0.25, 0.3) is 0 Å². The number of H-pyrrole nitrogens is 1. The number of alkyl halides is 3. The average molecular weight is 525 g/mol. The van der Waals surface area contributed by atoms with Crippen molar-refractivity contribution < 1.29 is 18.3 Å². The van der Waals surface area contributed by atoms with E-state index in [2.05, 4.69) is 30.6 Å². The molecule has 0 aliphatic carbocycles. The maximum absolute atomic E-state index is 12.7. The Morgan fingerprint density at radius 1 is 1.16 bits per heavy atom. The molecule has 11 heteroatoms. The van der Waals surface area contributed by atoms with Crippen molar-refractivity contribution in [3.63, 3.8) is 0 Å². The number of aliphatic hydroxyl groups excluding tert-OH is 1. The Kier molecular flexibility index (Phi) is 6.81. The Labute approximate surface area is 215 Å². The second-order valence-electron chi connectivity index (χ2n) is 8.88. The number of aromatic nitrogens is 3. The molecule has 1 aliphatic heterocycles. The van der Waals surface area contributed by atoms with Crippen LogP contribution >= 0.6 is 11.9 Å². The third kappa shape index (κ3) is 5.27. The monoisotopic (exact) mass is 524 g/mol. The van der Waals surface area contributed by atoms with Crippen LogP contribution in [0.3, 0.4) is 0 Å². The molecule has 37 heavy (non-hydrogen) atoms. The highest BCUT2D eigenvalue weighted by atomic mass is 32.2. The topological polar surface area (TPSA) is 101 Å². The summed E-state index contributed by atoms with van der Waals surface area (Å²) >= 11 is 1.54. The number of benzene rings is 1. The Balaban J connectivity index is 1.21. The van der Waals surface area contributed by atoms with Crippen LogP contribution in [0.5, 0.6) is 0 Å². The molecule has 4 heterocycles. The fraction of sp³-hybridized carbons (Fsp3) is 0.269. The molecule has 5 rings (SSSR count). The van der Waals surface area contributed by atoms with E-state index in [9.17, 15) is 23.5 Å². The smallest absolute Gasteiger partial charge is 0.390 e. The number of halogens is 3. The summed E-state index contributed by atoms with van der Waals surface area (Å²) in [6, 6.07) is 12.2. The van der Waals surface area contributed by atoms with Crippen LogP contribution in [0.15, 0.2) is 59.9 Å². The molecular weight excluding hydrogens is 501 g/mol. The third-order valence-electron chi connectivity index (χ3n) is 6.45. The van der Waals surface area contributed by atoms with Gasteiger partial charge in [-0.25, -0.2) is 14.3 Å². The highest BCUT2D eigenvalue weighted by Gasteiger charge is 2.32. The summed E-state index contributed by atoms with van der Waals surface area (Å²) in [5.74, 6) is 0.304. The zero-order valence-electron chi connectivity index (χ0n) is 19.8. The van der Waals surface area contributed by atoms with Crippen molar-refractivity contribution in [2.24, 2.45) is 0 Å². The second-order valence-corrected chi connectivity index (χ2v) is 10.0. The standard InChI is InChI=1S/C26H23F3N6OS/c1-15-20(13-33-25-24(15)17(10-30)11-32-25)16-2-5-19(6-3-16)37-35-9-8-21(22(36)14-35)34-23-7-4-18(12-31-23)26(27,28)29/h2-7,11-13,21-22,36H,8-9,14H2,1H3,(H,31,34)(H,32,33). The Morgan fingerprint density at radius 2 is 1.95 bits per heavy atom. The van der Waals surface area contributed by atoms with Gasteiger partial charge >= 0.3 is 6.18 Å². The van der Waals surface area contributed by atoms with Gasteiger partial charge in [0, 0.05) is 47.5 Å². The largest absolute Gasteiger partial charge is 0.417 e. The molecule has 1 aliphatic rings. The second kappa shape index (κ2) is 10.0. The molecule has 1 fully saturated rings. The lowest BCUT2D eigenvalue weighted by Gasteiger charge is -2.35. The predicted octanol–water partition coefficient (Wildman–Crippen LogP) is 5.38.